The molecular weight excluding hydrogens is 701 g/mol. The maximum absolute atomic E-state index is 2.36. The Morgan fingerprint density at radius 1 is 0.207 bits per heavy atom. The lowest BCUT2D eigenvalue weighted by atomic mass is 10.0. The van der Waals surface area contributed by atoms with Crippen LogP contribution >= 0.6 is 0 Å². The van der Waals surface area contributed by atoms with E-state index in [-0.39, 0.29) is 0 Å². The molecule has 0 aliphatic heterocycles. The maximum Gasteiger partial charge on any atom is 0.0468 e. The van der Waals surface area contributed by atoms with Gasteiger partial charge in [0.2, 0.25) is 0 Å². The summed E-state index contributed by atoms with van der Waals surface area (Å²) < 4.78 is 0. The molecule has 2 aliphatic rings. The van der Waals surface area contributed by atoms with Crippen molar-refractivity contribution < 1.29 is 0 Å². The number of para-hydroxylation sites is 2. The molecule has 0 spiro atoms. The van der Waals surface area contributed by atoms with E-state index in [0.717, 1.165) is 34.1 Å². The van der Waals surface area contributed by atoms with Crippen molar-refractivity contribution in [2.75, 3.05) is 9.80 Å². The SMILES string of the molecule is c1ccc(N(c2ccc(-c3ccc(N(c4ccccc4)c4ccc5c(c4)-c4cccc6cccc-5c46)cc3)cc2)c2ccc3c(c2)-c2cccc4cccc-3c24)cc1. The van der Waals surface area contributed by atoms with Gasteiger partial charge < -0.3 is 9.80 Å². The standard InChI is InChI=1S/C56H36N2/c1-3-15-41(16-4-1)57(45-31-33-47-49-19-7-11-39-13-9-21-51(55(39)49)53(47)35-45)43-27-23-37(24-28-43)38-25-29-44(30-26-38)58(42-17-5-2-6-18-42)46-32-34-48-50-20-8-12-40-14-10-22-52(56(40)50)54(48)36-46/h1-36H. The van der Waals surface area contributed by atoms with E-state index in [0.29, 0.717) is 0 Å². The first-order chi connectivity index (χ1) is 28.8. The molecule has 2 nitrogen and oxygen atoms in total. The van der Waals surface area contributed by atoms with E-state index in [9.17, 15) is 0 Å². The normalized spacial score (nSPS) is 11.8. The lowest BCUT2D eigenvalue weighted by Crippen LogP contribution is -2.10. The number of rotatable bonds is 7. The molecule has 2 heteroatoms. The van der Waals surface area contributed by atoms with Crippen LogP contribution in [0, 0.1) is 0 Å². The lowest BCUT2D eigenvalue weighted by Gasteiger charge is -2.27. The second kappa shape index (κ2) is 12.9. The predicted molar refractivity (Wildman–Crippen MR) is 245 cm³/mol. The van der Waals surface area contributed by atoms with Gasteiger partial charge in [0.1, 0.15) is 0 Å². The molecule has 0 amide bonds. The fourth-order valence-electron chi connectivity index (χ4n) is 9.49. The lowest BCUT2D eigenvalue weighted by molar-refractivity contribution is 1.28. The average Bonchev–Trinajstić information content (AvgIpc) is 3.79. The van der Waals surface area contributed by atoms with E-state index in [1.807, 2.05) is 0 Å². The number of benzene rings is 10. The summed E-state index contributed by atoms with van der Waals surface area (Å²) in [6.07, 6.45) is 0. The number of nitrogens with zero attached hydrogens (tertiary/aromatic N) is 2. The zero-order valence-corrected chi connectivity index (χ0v) is 31.7. The Morgan fingerprint density at radius 2 is 0.534 bits per heavy atom. The molecule has 0 saturated heterocycles. The molecule has 0 aromatic heterocycles. The van der Waals surface area contributed by atoms with Crippen molar-refractivity contribution in [3.63, 3.8) is 0 Å². The van der Waals surface area contributed by atoms with Crippen molar-refractivity contribution >= 4 is 55.7 Å². The van der Waals surface area contributed by atoms with Gasteiger partial charge in [-0.3, -0.25) is 0 Å². The molecule has 10 aromatic rings. The monoisotopic (exact) mass is 736 g/mol. The first kappa shape index (κ1) is 32.6. The largest absolute Gasteiger partial charge is 0.310 e. The molecule has 0 radical (unpaired) electrons. The van der Waals surface area contributed by atoms with Gasteiger partial charge in [-0.2, -0.15) is 0 Å². The molecule has 2 aliphatic carbocycles. The minimum Gasteiger partial charge on any atom is -0.310 e. The highest BCUT2D eigenvalue weighted by Gasteiger charge is 2.25. The average molecular weight is 737 g/mol. The molecular formula is C56H36N2. The van der Waals surface area contributed by atoms with Crippen molar-refractivity contribution in [2.45, 2.75) is 0 Å². The predicted octanol–water partition coefficient (Wildman–Crippen LogP) is 15.9. The topological polar surface area (TPSA) is 6.48 Å². The van der Waals surface area contributed by atoms with Crippen LogP contribution in [0.5, 0.6) is 0 Å². The summed E-state index contributed by atoms with van der Waals surface area (Å²) in [4.78, 5) is 4.73. The van der Waals surface area contributed by atoms with Gasteiger partial charge in [-0.05, 0) is 150 Å². The van der Waals surface area contributed by atoms with Gasteiger partial charge >= 0.3 is 0 Å². The van der Waals surface area contributed by atoms with Gasteiger partial charge in [0.25, 0.3) is 0 Å². The van der Waals surface area contributed by atoms with E-state index >= 15 is 0 Å². The molecule has 10 aromatic carbocycles. The van der Waals surface area contributed by atoms with Crippen LogP contribution in [0.25, 0.3) is 77.2 Å². The second-order valence-corrected chi connectivity index (χ2v) is 15.3. The third-order valence-corrected chi connectivity index (χ3v) is 12.1. The van der Waals surface area contributed by atoms with Crippen molar-refractivity contribution in [1.29, 1.82) is 0 Å². The zero-order valence-electron chi connectivity index (χ0n) is 31.7. The molecule has 0 bridgehead atoms. The summed E-state index contributed by atoms with van der Waals surface area (Å²) >= 11 is 0. The molecule has 58 heavy (non-hydrogen) atoms. The number of anilines is 6. The zero-order chi connectivity index (χ0) is 38.2. The van der Waals surface area contributed by atoms with E-state index in [2.05, 4.69) is 228 Å². The minimum atomic E-state index is 1.12. The Bertz CT molecular complexity index is 2970. The summed E-state index contributed by atoms with van der Waals surface area (Å²) in [6.45, 7) is 0. The van der Waals surface area contributed by atoms with Crippen LogP contribution in [0.15, 0.2) is 218 Å². The van der Waals surface area contributed by atoms with Crippen molar-refractivity contribution in [1.82, 2.24) is 0 Å². The highest BCUT2D eigenvalue weighted by Crippen LogP contribution is 2.51. The molecule has 12 rings (SSSR count). The van der Waals surface area contributed by atoms with Crippen molar-refractivity contribution in [3.05, 3.63) is 218 Å². The van der Waals surface area contributed by atoms with Crippen LogP contribution in [0.1, 0.15) is 0 Å². The number of fused-ring (bicyclic) bond motifs is 6. The summed E-state index contributed by atoms with van der Waals surface area (Å²) in [6, 6.07) is 79.8. The Morgan fingerprint density at radius 3 is 0.914 bits per heavy atom. The van der Waals surface area contributed by atoms with Crippen LogP contribution < -0.4 is 9.80 Å². The van der Waals surface area contributed by atoms with Gasteiger partial charge in [-0.1, -0.05) is 146 Å². The summed E-state index contributed by atoms with van der Waals surface area (Å²) in [5.74, 6) is 0. The molecule has 0 unspecified atom stereocenters. The van der Waals surface area contributed by atoms with Crippen LogP contribution in [-0.2, 0) is 0 Å². The summed E-state index contributed by atoms with van der Waals surface area (Å²) in [5, 5.41) is 5.27. The Balaban J connectivity index is 0.888. The number of hydrogen-bond donors (Lipinski definition) is 0. The minimum absolute atomic E-state index is 1.12. The van der Waals surface area contributed by atoms with E-state index in [1.54, 1.807) is 0 Å². The summed E-state index contributed by atoms with van der Waals surface area (Å²) in [7, 11) is 0. The molecule has 0 fully saturated rings. The molecule has 0 saturated carbocycles. The van der Waals surface area contributed by atoms with Crippen LogP contribution in [0.4, 0.5) is 34.1 Å². The molecule has 0 atom stereocenters. The Hall–Kier alpha value is -7.68. The highest BCUT2D eigenvalue weighted by molar-refractivity contribution is 6.17. The quantitative estimate of drug-likeness (QED) is 0.161. The van der Waals surface area contributed by atoms with E-state index < -0.39 is 0 Å². The van der Waals surface area contributed by atoms with Gasteiger partial charge in [0.15, 0.2) is 0 Å². The van der Waals surface area contributed by atoms with Crippen molar-refractivity contribution in [2.24, 2.45) is 0 Å². The maximum atomic E-state index is 2.36. The third kappa shape index (κ3) is 5.05. The fraction of sp³-hybridized carbons (Fsp3) is 0. The Labute approximate surface area is 338 Å². The molecule has 0 heterocycles. The van der Waals surface area contributed by atoms with Gasteiger partial charge in [-0.25, -0.2) is 0 Å². The van der Waals surface area contributed by atoms with Crippen LogP contribution in [-0.4, -0.2) is 0 Å². The highest BCUT2D eigenvalue weighted by atomic mass is 15.1. The van der Waals surface area contributed by atoms with E-state index in [1.165, 1.54) is 77.2 Å². The van der Waals surface area contributed by atoms with Gasteiger partial charge in [0, 0.05) is 34.1 Å². The molecule has 270 valence electrons. The second-order valence-electron chi connectivity index (χ2n) is 15.3. The first-order valence-electron chi connectivity index (χ1n) is 20.0. The molecule has 0 N–H and O–H groups in total. The van der Waals surface area contributed by atoms with Crippen LogP contribution in [0.2, 0.25) is 0 Å². The van der Waals surface area contributed by atoms with Gasteiger partial charge in [-0.15, -0.1) is 0 Å². The van der Waals surface area contributed by atoms with Crippen LogP contribution in [0.3, 0.4) is 0 Å². The van der Waals surface area contributed by atoms with E-state index in [4.69, 9.17) is 0 Å². The summed E-state index contributed by atoms with van der Waals surface area (Å²) in [5.41, 5.74) is 19.5. The number of hydrogen-bond acceptors (Lipinski definition) is 2. The fourth-order valence-corrected chi connectivity index (χ4v) is 9.49. The van der Waals surface area contributed by atoms with Gasteiger partial charge in [0.05, 0.1) is 0 Å². The first-order valence-corrected chi connectivity index (χ1v) is 20.0. The smallest absolute Gasteiger partial charge is 0.0468 e. The third-order valence-electron chi connectivity index (χ3n) is 12.1. The van der Waals surface area contributed by atoms with Crippen molar-refractivity contribution in [3.8, 4) is 55.6 Å². The Kier molecular flexibility index (Phi) is 7.26.